The number of fused-ring (bicyclic) bond motifs is 3. The number of nitrogens with zero attached hydrogens (tertiary/aromatic N) is 3. The van der Waals surface area contributed by atoms with Crippen LogP contribution in [0.5, 0.6) is 0 Å². The molecule has 0 aliphatic carbocycles. The summed E-state index contributed by atoms with van der Waals surface area (Å²) in [5, 5.41) is -0.598. The molecule has 3 aromatic rings. The molecule has 0 saturated carbocycles. The van der Waals surface area contributed by atoms with Gasteiger partial charge in [0.25, 0.3) is 0 Å². The molecule has 1 aliphatic heterocycles. The highest BCUT2D eigenvalue weighted by Gasteiger charge is 2.22. The Balaban J connectivity index is 2.25. The monoisotopic (exact) mass is 336 g/mol. The largest absolute Gasteiger partial charge is 0.344 e. The Morgan fingerprint density at radius 1 is 1.38 bits per heavy atom. The van der Waals surface area contributed by atoms with E-state index in [1.165, 1.54) is 6.92 Å². The summed E-state index contributed by atoms with van der Waals surface area (Å²) < 4.78 is 144. The van der Waals surface area contributed by atoms with E-state index >= 15 is 0 Å². The van der Waals surface area contributed by atoms with Crippen molar-refractivity contribution in [2.24, 2.45) is 0 Å². The van der Waals surface area contributed by atoms with Gasteiger partial charge < -0.3 is 9.47 Å². The second-order valence-corrected chi connectivity index (χ2v) is 5.30. The maximum atomic E-state index is 8.79. The average molecular weight is 337 g/mol. The normalized spacial score (nSPS) is 32.7. The van der Waals surface area contributed by atoms with Gasteiger partial charge in [0.05, 0.1) is 8.22 Å². The third-order valence-corrected chi connectivity index (χ3v) is 3.56. The fourth-order valence-electron chi connectivity index (χ4n) is 2.47. The van der Waals surface area contributed by atoms with Gasteiger partial charge in [0.15, 0.2) is 0 Å². The predicted octanol–water partition coefficient (Wildman–Crippen LogP) is 3.88. The van der Waals surface area contributed by atoms with Gasteiger partial charge in [0.2, 0.25) is 0 Å². The van der Waals surface area contributed by atoms with Crippen molar-refractivity contribution in [1.29, 1.82) is 0 Å². The molecule has 4 rings (SSSR count). The Morgan fingerprint density at radius 3 is 3.17 bits per heavy atom. The van der Waals surface area contributed by atoms with Crippen LogP contribution in [0.25, 0.3) is 10.9 Å². The van der Waals surface area contributed by atoms with Crippen LogP contribution < -0.4 is 0 Å². The second kappa shape index (κ2) is 6.06. The van der Waals surface area contributed by atoms with Gasteiger partial charge >= 0.3 is 0 Å². The van der Waals surface area contributed by atoms with E-state index in [4.69, 9.17) is 23.3 Å². The molecule has 0 radical (unpaired) electrons. The van der Waals surface area contributed by atoms with Crippen molar-refractivity contribution in [2.75, 3.05) is 13.5 Å². The molecule has 0 amide bonds. The van der Waals surface area contributed by atoms with Gasteiger partial charge in [-0.1, -0.05) is 17.6 Å². The third kappa shape index (κ3) is 2.73. The topological polar surface area (TPSA) is 21.1 Å². The minimum Gasteiger partial charge on any atom is -0.344 e. The lowest BCUT2D eigenvalue weighted by atomic mass is 10.0. The highest BCUT2D eigenvalue weighted by molar-refractivity contribution is 5.86. The molecule has 0 spiro atoms. The minimum atomic E-state index is -3.15. The third-order valence-electron chi connectivity index (χ3n) is 3.56. The van der Waals surface area contributed by atoms with E-state index in [-0.39, 0.29) is 5.69 Å². The van der Waals surface area contributed by atoms with Crippen molar-refractivity contribution in [3.63, 3.8) is 0 Å². The van der Waals surface area contributed by atoms with Crippen LogP contribution in [0.1, 0.15) is 51.4 Å². The predicted molar refractivity (Wildman–Crippen MR) is 99.4 cm³/mol. The van der Waals surface area contributed by atoms with Crippen LogP contribution in [-0.2, 0) is 25.8 Å². The summed E-state index contributed by atoms with van der Waals surface area (Å²) in [6, 6.07) is -3.93. The molecule has 3 heteroatoms. The van der Waals surface area contributed by atoms with E-state index in [0.717, 1.165) is 7.05 Å². The van der Waals surface area contributed by atoms with Crippen LogP contribution in [0.15, 0.2) is 36.4 Å². The van der Waals surface area contributed by atoms with E-state index in [2.05, 4.69) is 4.98 Å². The van der Waals surface area contributed by atoms with Crippen LogP contribution in [0.3, 0.4) is 0 Å². The van der Waals surface area contributed by atoms with Gasteiger partial charge in [-0.05, 0) is 56.5 Å². The van der Waals surface area contributed by atoms with Crippen molar-refractivity contribution in [3.05, 3.63) is 64.5 Å². The van der Waals surface area contributed by atoms with E-state index < -0.39 is 109 Å². The van der Waals surface area contributed by atoms with Crippen LogP contribution in [0.2, 0.25) is 0 Å². The Bertz CT molecular complexity index is 1600. The number of rotatable bonds is 3. The first kappa shape index (κ1) is 5.43. The molecule has 0 saturated heterocycles. The maximum absolute atomic E-state index is 8.79. The van der Waals surface area contributed by atoms with Crippen molar-refractivity contribution >= 4 is 10.9 Å². The smallest absolute Gasteiger partial charge is 0.0843 e. The van der Waals surface area contributed by atoms with Crippen molar-refractivity contribution in [3.8, 4) is 0 Å². The standard InChI is InChI=1S/C21H25N3/c1-15-4-7-20-18(12-15)19-14-23(3)10-9-21(19)24(20)11-8-17-6-5-16(2)22-13-17/h4-7,12-13H,8-11,14H2,1-3H3/i1D3,4D,5D,6D,7D,8D2,9D2,10D2,12D,13D,14D2. The van der Waals surface area contributed by atoms with E-state index in [9.17, 15) is 0 Å². The molecular formula is C21H25N3. The van der Waals surface area contributed by atoms with Crippen LogP contribution >= 0.6 is 0 Å². The second-order valence-electron chi connectivity index (χ2n) is 5.30. The lowest BCUT2D eigenvalue weighted by Crippen LogP contribution is -2.27. The maximum Gasteiger partial charge on any atom is 0.0843 e. The van der Waals surface area contributed by atoms with Gasteiger partial charge in [-0.3, -0.25) is 4.98 Å². The summed E-state index contributed by atoms with van der Waals surface area (Å²) in [4.78, 5) is 4.22. The molecule has 0 unspecified atom stereocenters. The summed E-state index contributed by atoms with van der Waals surface area (Å²) in [7, 11) is 0.949. The van der Waals surface area contributed by atoms with Crippen molar-refractivity contribution in [2.45, 2.75) is 39.6 Å². The van der Waals surface area contributed by atoms with Crippen LogP contribution in [0, 0.1) is 13.8 Å². The van der Waals surface area contributed by atoms with Gasteiger partial charge in [0.1, 0.15) is 0 Å². The van der Waals surface area contributed by atoms with Gasteiger partial charge in [-0.2, -0.15) is 0 Å². The first-order chi connectivity index (χ1) is 18.3. The molecule has 0 fully saturated rings. The minimum absolute atomic E-state index is 0.0209. The molecule has 24 heavy (non-hydrogen) atoms. The first-order valence-corrected chi connectivity index (χ1v) is 7.21. The number of pyridine rings is 1. The van der Waals surface area contributed by atoms with Crippen molar-refractivity contribution in [1.82, 2.24) is 14.5 Å². The summed E-state index contributed by atoms with van der Waals surface area (Å²) in [5.41, 5.74) is -3.70. The number of aromatic nitrogens is 2. The zero-order valence-corrected chi connectivity index (χ0v) is 13.0. The Hall–Kier alpha value is -2.13. The van der Waals surface area contributed by atoms with Crippen LogP contribution in [-0.4, -0.2) is 28.0 Å². The summed E-state index contributed by atoms with van der Waals surface area (Å²) in [6.45, 7) is -8.85. The van der Waals surface area contributed by atoms with Crippen LogP contribution in [0.4, 0.5) is 0 Å². The number of hydrogen-bond donors (Lipinski definition) is 0. The molecule has 0 atom stereocenters. The molecular weight excluding hydrogens is 294 g/mol. The number of aryl methyl sites for hydroxylation is 2. The Morgan fingerprint density at radius 2 is 2.29 bits per heavy atom. The molecule has 3 nitrogen and oxygen atoms in total. The Labute approximate surface area is 167 Å². The van der Waals surface area contributed by atoms with E-state index in [1.54, 1.807) is 0 Å². The van der Waals surface area contributed by atoms with Gasteiger partial charge in [-0.15, -0.1) is 0 Å². The van der Waals surface area contributed by atoms with Gasteiger partial charge in [0, 0.05) is 69.5 Å². The zero-order valence-electron chi connectivity index (χ0n) is 30.0. The highest BCUT2D eigenvalue weighted by atomic mass is 15.1. The quantitative estimate of drug-likeness (QED) is 0.723. The van der Waals surface area contributed by atoms with E-state index in [1.807, 2.05) is 0 Å². The summed E-state index contributed by atoms with van der Waals surface area (Å²) in [5.74, 6) is 0. The summed E-state index contributed by atoms with van der Waals surface area (Å²) in [6.07, 6.45) is -6.69. The molecule has 0 bridgehead atoms. The molecule has 1 aromatic carbocycles. The van der Waals surface area contributed by atoms with E-state index in [0.29, 0.717) is 9.47 Å². The number of hydrogen-bond acceptors (Lipinski definition) is 2. The first-order valence-electron chi connectivity index (χ1n) is 15.7. The fourth-order valence-corrected chi connectivity index (χ4v) is 2.47. The van der Waals surface area contributed by atoms with Crippen molar-refractivity contribution < 1.29 is 23.3 Å². The fraction of sp³-hybridized carbons (Fsp3) is 0.381. The molecule has 2 aromatic heterocycles. The molecule has 3 heterocycles. The Kier molecular flexibility index (Phi) is 1.37. The number of benzene rings is 1. The lowest BCUT2D eigenvalue weighted by molar-refractivity contribution is 0.309. The van der Waals surface area contributed by atoms with Gasteiger partial charge in [-0.25, -0.2) is 0 Å². The SMILES string of the molecule is [2H]c1nc(C)c([2H])c([2H])c1C([2H])([2H])Cn1c2c(c3c([2H])c(C([2H])([2H])[2H])c([2H])c([2H])c31)C([2H])([2H])N(C)C([2H])([2H])C2([2H])[2H]. The lowest BCUT2D eigenvalue weighted by Gasteiger charge is -2.24. The molecule has 124 valence electrons. The molecule has 1 aliphatic rings. The summed E-state index contributed by atoms with van der Waals surface area (Å²) >= 11 is 0. The molecule has 0 N–H and O–H groups in total. The number of likely N-dealkylation sites (N-methyl/N-ethyl adjacent to an activating group) is 1. The average Bonchev–Trinajstić information content (AvgIpc) is 3.15. The zero-order chi connectivity index (χ0) is 31.6. The highest BCUT2D eigenvalue weighted by Crippen LogP contribution is 2.31.